The van der Waals surface area contributed by atoms with Crippen LogP contribution in [0.3, 0.4) is 0 Å². The van der Waals surface area contributed by atoms with Crippen molar-refractivity contribution < 1.29 is 4.52 Å². The fraction of sp³-hybridized carbons (Fsp3) is 0. The van der Waals surface area contributed by atoms with Gasteiger partial charge >= 0.3 is 0 Å². The van der Waals surface area contributed by atoms with Crippen LogP contribution in [0.25, 0.3) is 22.6 Å². The molecular weight excluding hydrogens is 272 g/mol. The van der Waals surface area contributed by atoms with Crippen molar-refractivity contribution in [1.82, 2.24) is 15.4 Å². The molecule has 0 bridgehead atoms. The number of benzene rings is 1. The van der Waals surface area contributed by atoms with E-state index < -0.39 is 0 Å². The van der Waals surface area contributed by atoms with E-state index in [9.17, 15) is 0 Å². The molecule has 3 rings (SSSR count). The minimum atomic E-state index is 0.571. The van der Waals surface area contributed by atoms with Crippen molar-refractivity contribution in [2.24, 2.45) is 4.99 Å². The smallest absolute Gasteiger partial charge is 0.196 e. The molecule has 0 unspecified atom stereocenters. The Morgan fingerprint density at radius 3 is 2.85 bits per heavy atom. The molecule has 20 heavy (non-hydrogen) atoms. The molecule has 0 fully saturated rings. The standard InChI is InChI=1S/C14H8N4OS/c20-9-16-12-5-1-3-10(7-12)13-14(19-18-17-13)11-4-2-6-15-8-11/h1-8H. The molecule has 0 aliphatic heterocycles. The second-order valence-electron chi connectivity index (χ2n) is 3.95. The number of hydrogen-bond acceptors (Lipinski definition) is 6. The quantitative estimate of drug-likeness (QED) is 0.542. The van der Waals surface area contributed by atoms with E-state index in [0.29, 0.717) is 17.1 Å². The number of aliphatic imine (C=N–C) groups is 1. The van der Waals surface area contributed by atoms with Gasteiger partial charge < -0.3 is 4.52 Å². The van der Waals surface area contributed by atoms with Gasteiger partial charge in [0.05, 0.1) is 10.8 Å². The summed E-state index contributed by atoms with van der Waals surface area (Å²) < 4.78 is 5.24. The second kappa shape index (κ2) is 5.52. The lowest BCUT2D eigenvalue weighted by Gasteiger charge is -2.00. The summed E-state index contributed by atoms with van der Waals surface area (Å²) in [5.74, 6) is 0.571. The third-order valence-electron chi connectivity index (χ3n) is 2.71. The number of isothiocyanates is 1. The monoisotopic (exact) mass is 280 g/mol. The maximum Gasteiger partial charge on any atom is 0.196 e. The van der Waals surface area contributed by atoms with Crippen molar-refractivity contribution in [3.63, 3.8) is 0 Å². The van der Waals surface area contributed by atoms with Crippen LogP contribution in [-0.4, -0.2) is 20.5 Å². The normalized spacial score (nSPS) is 10.0. The molecule has 5 nitrogen and oxygen atoms in total. The van der Waals surface area contributed by atoms with Crippen molar-refractivity contribution >= 4 is 23.1 Å². The topological polar surface area (TPSA) is 64.2 Å². The van der Waals surface area contributed by atoms with Gasteiger partial charge in [0, 0.05) is 28.8 Å². The van der Waals surface area contributed by atoms with E-state index in [1.807, 2.05) is 36.4 Å². The van der Waals surface area contributed by atoms with E-state index in [4.69, 9.17) is 4.52 Å². The number of thiocarbonyl (C=S) groups is 1. The van der Waals surface area contributed by atoms with E-state index in [-0.39, 0.29) is 0 Å². The Morgan fingerprint density at radius 1 is 1.15 bits per heavy atom. The third-order valence-corrected chi connectivity index (χ3v) is 2.80. The summed E-state index contributed by atoms with van der Waals surface area (Å²) in [5, 5.41) is 10.0. The molecule has 0 saturated heterocycles. The summed E-state index contributed by atoms with van der Waals surface area (Å²) >= 11 is 4.61. The minimum absolute atomic E-state index is 0.571. The Morgan fingerprint density at radius 2 is 2.05 bits per heavy atom. The van der Waals surface area contributed by atoms with E-state index in [1.54, 1.807) is 12.4 Å². The molecule has 96 valence electrons. The molecule has 0 spiro atoms. The fourth-order valence-electron chi connectivity index (χ4n) is 1.84. The predicted octanol–water partition coefficient (Wildman–Crippen LogP) is 3.53. The third kappa shape index (κ3) is 2.38. The molecule has 0 saturated carbocycles. The van der Waals surface area contributed by atoms with Crippen LogP contribution in [0, 0.1) is 0 Å². The lowest BCUT2D eigenvalue weighted by molar-refractivity contribution is 0.403. The largest absolute Gasteiger partial charge is 0.336 e. The maximum absolute atomic E-state index is 5.24. The molecule has 3 aromatic rings. The lowest BCUT2D eigenvalue weighted by Crippen LogP contribution is -1.83. The molecule has 2 aromatic heterocycles. The molecule has 0 atom stereocenters. The summed E-state index contributed by atoms with van der Waals surface area (Å²) in [6.07, 6.45) is 3.40. The predicted molar refractivity (Wildman–Crippen MR) is 77.7 cm³/mol. The Bertz CT molecular complexity index is 779. The van der Waals surface area contributed by atoms with Gasteiger partial charge in [-0.05, 0) is 36.5 Å². The average molecular weight is 280 g/mol. The minimum Gasteiger partial charge on any atom is -0.336 e. The van der Waals surface area contributed by atoms with Crippen molar-refractivity contribution in [1.29, 1.82) is 0 Å². The van der Waals surface area contributed by atoms with Gasteiger partial charge in [-0.1, -0.05) is 12.1 Å². The highest BCUT2D eigenvalue weighted by atomic mass is 32.1. The fourth-order valence-corrected chi connectivity index (χ4v) is 1.95. The second-order valence-corrected chi connectivity index (χ2v) is 4.13. The molecule has 0 N–H and O–H groups in total. The Kier molecular flexibility index (Phi) is 3.41. The molecule has 2 heterocycles. The number of nitrogens with zero attached hydrogens (tertiary/aromatic N) is 4. The Balaban J connectivity index is 2.10. The van der Waals surface area contributed by atoms with Gasteiger partial charge in [-0.3, -0.25) is 4.98 Å². The zero-order valence-electron chi connectivity index (χ0n) is 10.2. The van der Waals surface area contributed by atoms with Crippen molar-refractivity contribution in [2.45, 2.75) is 0 Å². The molecule has 0 amide bonds. The van der Waals surface area contributed by atoms with Crippen LogP contribution < -0.4 is 0 Å². The van der Waals surface area contributed by atoms with Crippen LogP contribution in [-0.2, 0) is 0 Å². The Labute approximate surface area is 120 Å². The molecule has 1 aromatic carbocycles. The first kappa shape index (κ1) is 12.3. The van der Waals surface area contributed by atoms with Crippen LogP contribution in [0.4, 0.5) is 5.69 Å². The first-order valence-electron chi connectivity index (χ1n) is 5.79. The number of hydrogen-bond donors (Lipinski definition) is 0. The zero-order valence-corrected chi connectivity index (χ0v) is 11.0. The number of aromatic nitrogens is 3. The number of pyridine rings is 1. The van der Waals surface area contributed by atoms with Crippen LogP contribution in [0.15, 0.2) is 58.3 Å². The van der Waals surface area contributed by atoms with Gasteiger partial charge in [0.15, 0.2) is 5.76 Å². The summed E-state index contributed by atoms with van der Waals surface area (Å²) in [6.45, 7) is 0. The molecule has 0 aliphatic carbocycles. The summed E-state index contributed by atoms with van der Waals surface area (Å²) in [5.41, 5.74) is 3.00. The molecular formula is C14H8N4OS. The first-order chi connectivity index (χ1) is 9.88. The van der Waals surface area contributed by atoms with Gasteiger partial charge in [0.1, 0.15) is 5.69 Å². The van der Waals surface area contributed by atoms with E-state index >= 15 is 0 Å². The van der Waals surface area contributed by atoms with E-state index in [0.717, 1.165) is 11.1 Å². The summed E-state index contributed by atoms with van der Waals surface area (Å²) in [7, 11) is 0. The van der Waals surface area contributed by atoms with Gasteiger partial charge in [0.25, 0.3) is 0 Å². The van der Waals surface area contributed by atoms with Crippen LogP contribution >= 0.6 is 12.2 Å². The zero-order chi connectivity index (χ0) is 13.8. The van der Waals surface area contributed by atoms with Crippen LogP contribution in [0.2, 0.25) is 0 Å². The van der Waals surface area contributed by atoms with E-state index in [2.05, 4.69) is 37.7 Å². The molecule has 0 radical (unpaired) electrons. The van der Waals surface area contributed by atoms with Crippen molar-refractivity contribution in [3.05, 3.63) is 48.8 Å². The summed E-state index contributed by atoms with van der Waals surface area (Å²) in [6, 6.07) is 11.2. The SMILES string of the molecule is S=C=Nc1cccc(-c2nnoc2-c2cccnc2)c1. The van der Waals surface area contributed by atoms with Crippen LogP contribution in [0.1, 0.15) is 0 Å². The summed E-state index contributed by atoms with van der Waals surface area (Å²) in [4.78, 5) is 8.02. The molecule has 0 aliphatic rings. The highest BCUT2D eigenvalue weighted by Crippen LogP contribution is 2.31. The highest BCUT2D eigenvalue weighted by molar-refractivity contribution is 7.78. The van der Waals surface area contributed by atoms with Gasteiger partial charge in [-0.15, -0.1) is 5.10 Å². The van der Waals surface area contributed by atoms with Crippen molar-refractivity contribution in [3.8, 4) is 22.6 Å². The average Bonchev–Trinajstić information content (AvgIpc) is 2.98. The Hall–Kier alpha value is -2.69. The molecule has 6 heteroatoms. The van der Waals surface area contributed by atoms with Gasteiger partial charge in [0.2, 0.25) is 0 Å². The lowest BCUT2D eigenvalue weighted by atomic mass is 10.1. The van der Waals surface area contributed by atoms with Gasteiger partial charge in [-0.25, -0.2) is 0 Å². The van der Waals surface area contributed by atoms with Crippen molar-refractivity contribution in [2.75, 3.05) is 0 Å². The van der Waals surface area contributed by atoms with Gasteiger partial charge in [-0.2, -0.15) is 4.99 Å². The van der Waals surface area contributed by atoms with E-state index in [1.165, 1.54) is 0 Å². The first-order valence-corrected chi connectivity index (χ1v) is 6.20. The van der Waals surface area contributed by atoms with Crippen LogP contribution in [0.5, 0.6) is 0 Å². The number of rotatable bonds is 3. The highest BCUT2D eigenvalue weighted by Gasteiger charge is 2.14. The maximum atomic E-state index is 5.24.